The highest BCUT2D eigenvalue weighted by atomic mass is 79.9. The first kappa shape index (κ1) is 7.80. The Bertz CT molecular complexity index is 431. The number of imidazole rings is 1. The molecule has 0 radical (unpaired) electrons. The fourth-order valence-corrected chi connectivity index (χ4v) is 2.13. The van der Waals surface area contributed by atoms with Gasteiger partial charge in [-0.15, -0.1) is 0 Å². The maximum Gasteiger partial charge on any atom is 0.182 e. The quantitative estimate of drug-likeness (QED) is 0.673. The normalized spacial score (nSPS) is 10.9. The number of hydrogen-bond donors (Lipinski definition) is 0. The lowest BCUT2D eigenvalue weighted by atomic mass is 10.3. The van der Waals surface area contributed by atoms with E-state index in [2.05, 4.69) is 44.4 Å². The van der Waals surface area contributed by atoms with Gasteiger partial charge in [0.15, 0.2) is 4.73 Å². The van der Waals surface area contributed by atoms with E-state index in [1.807, 2.05) is 13.0 Å². The van der Waals surface area contributed by atoms with Crippen LogP contribution in [0.25, 0.3) is 5.52 Å². The van der Waals surface area contributed by atoms with Crippen molar-refractivity contribution >= 4 is 21.4 Å². The van der Waals surface area contributed by atoms with Crippen molar-refractivity contribution in [2.75, 3.05) is 0 Å². The SMILES string of the molecule is Cc1nc(Br)n2c(C)cccc12. The van der Waals surface area contributed by atoms with Crippen molar-refractivity contribution in [1.82, 2.24) is 9.38 Å². The van der Waals surface area contributed by atoms with Gasteiger partial charge in [0.1, 0.15) is 0 Å². The van der Waals surface area contributed by atoms with Crippen molar-refractivity contribution < 1.29 is 0 Å². The maximum absolute atomic E-state index is 4.33. The molecule has 0 aromatic carbocycles. The minimum absolute atomic E-state index is 0.883. The molecule has 0 bridgehead atoms. The molecule has 0 N–H and O–H groups in total. The minimum Gasteiger partial charge on any atom is -0.291 e. The van der Waals surface area contributed by atoms with Gasteiger partial charge in [0.25, 0.3) is 0 Å². The minimum atomic E-state index is 0.883. The van der Waals surface area contributed by atoms with Crippen LogP contribution in [0.1, 0.15) is 11.4 Å². The predicted octanol–water partition coefficient (Wildman–Crippen LogP) is 2.71. The third-order valence-corrected chi connectivity index (χ3v) is 2.53. The van der Waals surface area contributed by atoms with Gasteiger partial charge >= 0.3 is 0 Å². The van der Waals surface area contributed by atoms with Gasteiger partial charge in [-0.3, -0.25) is 4.40 Å². The number of nitrogens with zero attached hydrogens (tertiary/aromatic N) is 2. The van der Waals surface area contributed by atoms with Crippen LogP contribution in [0.3, 0.4) is 0 Å². The first-order chi connectivity index (χ1) is 5.70. The fourth-order valence-electron chi connectivity index (χ4n) is 1.39. The number of aryl methyl sites for hydroxylation is 2. The van der Waals surface area contributed by atoms with Gasteiger partial charge < -0.3 is 0 Å². The molecule has 3 heteroatoms. The Balaban J connectivity index is 2.99. The highest BCUT2D eigenvalue weighted by Crippen LogP contribution is 2.18. The molecule has 0 saturated heterocycles. The van der Waals surface area contributed by atoms with Crippen LogP contribution in [0.15, 0.2) is 22.9 Å². The molecule has 0 spiro atoms. The largest absolute Gasteiger partial charge is 0.291 e. The van der Waals surface area contributed by atoms with Crippen LogP contribution in [-0.2, 0) is 0 Å². The van der Waals surface area contributed by atoms with Crippen molar-refractivity contribution in [2.45, 2.75) is 13.8 Å². The Morgan fingerprint density at radius 3 is 2.75 bits per heavy atom. The zero-order valence-electron chi connectivity index (χ0n) is 7.00. The highest BCUT2D eigenvalue weighted by Gasteiger charge is 2.05. The second-order valence-electron chi connectivity index (χ2n) is 2.85. The number of rotatable bonds is 0. The van der Waals surface area contributed by atoms with E-state index in [0.29, 0.717) is 0 Å². The third-order valence-electron chi connectivity index (χ3n) is 2.00. The summed E-state index contributed by atoms with van der Waals surface area (Å²) in [4.78, 5) is 4.33. The van der Waals surface area contributed by atoms with Crippen molar-refractivity contribution in [2.24, 2.45) is 0 Å². The summed E-state index contributed by atoms with van der Waals surface area (Å²) in [5, 5.41) is 0. The van der Waals surface area contributed by atoms with Crippen LogP contribution >= 0.6 is 15.9 Å². The first-order valence-corrected chi connectivity index (χ1v) is 4.59. The predicted molar refractivity (Wildman–Crippen MR) is 52.4 cm³/mol. The lowest BCUT2D eigenvalue weighted by molar-refractivity contribution is 1.03. The van der Waals surface area contributed by atoms with E-state index in [4.69, 9.17) is 0 Å². The molecule has 2 rings (SSSR count). The smallest absolute Gasteiger partial charge is 0.182 e. The summed E-state index contributed by atoms with van der Waals surface area (Å²) in [5.41, 5.74) is 3.42. The van der Waals surface area contributed by atoms with Crippen LogP contribution in [0.2, 0.25) is 0 Å². The van der Waals surface area contributed by atoms with E-state index in [-0.39, 0.29) is 0 Å². The molecule has 0 atom stereocenters. The molecule has 0 aliphatic heterocycles. The van der Waals surface area contributed by atoms with Crippen molar-refractivity contribution in [3.8, 4) is 0 Å². The Labute approximate surface area is 79.4 Å². The number of pyridine rings is 1. The Morgan fingerprint density at radius 1 is 1.33 bits per heavy atom. The van der Waals surface area contributed by atoms with Crippen LogP contribution < -0.4 is 0 Å². The van der Waals surface area contributed by atoms with E-state index >= 15 is 0 Å². The van der Waals surface area contributed by atoms with Crippen LogP contribution in [0.5, 0.6) is 0 Å². The molecule has 2 heterocycles. The monoisotopic (exact) mass is 224 g/mol. The molecule has 0 aliphatic carbocycles. The molecule has 2 aromatic rings. The van der Waals surface area contributed by atoms with Crippen LogP contribution in [0, 0.1) is 13.8 Å². The number of fused-ring (bicyclic) bond motifs is 1. The molecule has 0 amide bonds. The van der Waals surface area contributed by atoms with Crippen LogP contribution in [-0.4, -0.2) is 9.38 Å². The fraction of sp³-hybridized carbons (Fsp3) is 0.222. The molecule has 2 nitrogen and oxygen atoms in total. The Hall–Kier alpha value is -0.830. The lowest BCUT2D eigenvalue weighted by Gasteiger charge is -1.99. The molecular formula is C9H9BrN2. The second kappa shape index (κ2) is 2.59. The summed E-state index contributed by atoms with van der Waals surface area (Å²) < 4.78 is 2.98. The third kappa shape index (κ3) is 0.966. The molecule has 0 fully saturated rings. The summed E-state index contributed by atoms with van der Waals surface area (Å²) in [6, 6.07) is 6.19. The van der Waals surface area contributed by atoms with E-state index in [9.17, 15) is 0 Å². The van der Waals surface area contributed by atoms with Gasteiger partial charge in [0, 0.05) is 5.69 Å². The standard InChI is InChI=1S/C9H9BrN2/c1-6-4-3-5-8-7(2)11-9(10)12(6)8/h3-5H,1-2H3. The lowest BCUT2D eigenvalue weighted by Crippen LogP contribution is -1.89. The number of aromatic nitrogens is 2. The summed E-state index contributed by atoms with van der Waals surface area (Å²) in [6.07, 6.45) is 0. The highest BCUT2D eigenvalue weighted by molar-refractivity contribution is 9.10. The van der Waals surface area contributed by atoms with Crippen molar-refractivity contribution in [3.05, 3.63) is 34.3 Å². The summed E-state index contributed by atoms with van der Waals surface area (Å²) in [7, 11) is 0. The number of halogens is 1. The van der Waals surface area contributed by atoms with Crippen molar-refractivity contribution in [3.63, 3.8) is 0 Å². The van der Waals surface area contributed by atoms with Crippen molar-refractivity contribution in [1.29, 1.82) is 0 Å². The maximum atomic E-state index is 4.33. The van der Waals surface area contributed by atoms with Gasteiger partial charge in [-0.05, 0) is 41.9 Å². The van der Waals surface area contributed by atoms with Crippen LogP contribution in [0.4, 0.5) is 0 Å². The summed E-state index contributed by atoms with van der Waals surface area (Å²) >= 11 is 3.42. The zero-order chi connectivity index (χ0) is 8.72. The molecule has 62 valence electrons. The Morgan fingerprint density at radius 2 is 2.08 bits per heavy atom. The molecule has 2 aromatic heterocycles. The molecule has 12 heavy (non-hydrogen) atoms. The summed E-state index contributed by atoms with van der Waals surface area (Å²) in [5.74, 6) is 0. The van der Waals surface area contributed by atoms with E-state index in [1.54, 1.807) is 0 Å². The topological polar surface area (TPSA) is 17.3 Å². The average molecular weight is 225 g/mol. The van der Waals surface area contributed by atoms with Gasteiger partial charge in [-0.2, -0.15) is 0 Å². The first-order valence-electron chi connectivity index (χ1n) is 3.80. The van der Waals surface area contributed by atoms with E-state index in [1.165, 1.54) is 11.2 Å². The molecule has 0 unspecified atom stereocenters. The van der Waals surface area contributed by atoms with Gasteiger partial charge in [0.2, 0.25) is 0 Å². The average Bonchev–Trinajstić information content (AvgIpc) is 2.29. The summed E-state index contributed by atoms with van der Waals surface area (Å²) in [6.45, 7) is 4.08. The van der Waals surface area contributed by atoms with Gasteiger partial charge in [-0.25, -0.2) is 4.98 Å². The van der Waals surface area contributed by atoms with E-state index < -0.39 is 0 Å². The van der Waals surface area contributed by atoms with Gasteiger partial charge in [-0.1, -0.05) is 6.07 Å². The molecular weight excluding hydrogens is 216 g/mol. The van der Waals surface area contributed by atoms with Gasteiger partial charge in [0.05, 0.1) is 11.2 Å². The Kier molecular flexibility index (Phi) is 1.68. The molecule has 0 aliphatic rings. The molecule has 0 saturated carbocycles. The number of hydrogen-bond acceptors (Lipinski definition) is 1. The second-order valence-corrected chi connectivity index (χ2v) is 3.56. The van der Waals surface area contributed by atoms with E-state index in [0.717, 1.165) is 10.4 Å². The zero-order valence-corrected chi connectivity index (χ0v) is 8.59.